The first-order chi connectivity index (χ1) is 20.1. The number of carbonyl (C=O) groups is 3. The van der Waals surface area contributed by atoms with Gasteiger partial charge in [-0.25, -0.2) is 0 Å². The van der Waals surface area contributed by atoms with Crippen LogP contribution in [-0.2, 0) is 27.3 Å². The number of thioether (sulfide) groups is 1. The van der Waals surface area contributed by atoms with E-state index in [1.165, 1.54) is 0 Å². The van der Waals surface area contributed by atoms with E-state index in [9.17, 15) is 14.4 Å². The van der Waals surface area contributed by atoms with Crippen molar-refractivity contribution in [2.75, 3.05) is 12.4 Å². The molecule has 7 heteroatoms. The van der Waals surface area contributed by atoms with Gasteiger partial charge in [-0.05, 0) is 48.6 Å². The SMILES string of the molecule is C/C(=C/c1ccccc1)C(=O)N[C@@H](Cc1ccccc1)[C@H](C)C(=O)N(CSC(C)C)CC(=O)NCc1ccccc1C. The molecule has 3 rings (SSSR count). The second kappa shape index (κ2) is 16.6. The minimum Gasteiger partial charge on any atom is -0.350 e. The first-order valence-corrected chi connectivity index (χ1v) is 15.5. The molecule has 0 aromatic heterocycles. The lowest BCUT2D eigenvalue weighted by atomic mass is 9.93. The molecule has 0 fully saturated rings. The van der Waals surface area contributed by atoms with Gasteiger partial charge in [0.25, 0.3) is 0 Å². The van der Waals surface area contributed by atoms with Crippen LogP contribution in [0.2, 0.25) is 0 Å². The van der Waals surface area contributed by atoms with Gasteiger partial charge in [0.2, 0.25) is 17.7 Å². The molecule has 42 heavy (non-hydrogen) atoms. The van der Waals surface area contributed by atoms with E-state index in [1.54, 1.807) is 23.6 Å². The number of aryl methyl sites for hydroxylation is 1. The zero-order valence-electron chi connectivity index (χ0n) is 25.3. The second-order valence-electron chi connectivity index (χ2n) is 10.9. The van der Waals surface area contributed by atoms with Gasteiger partial charge in [0.05, 0.1) is 11.8 Å². The number of nitrogens with zero attached hydrogens (tertiary/aromatic N) is 1. The highest BCUT2D eigenvalue weighted by molar-refractivity contribution is 7.99. The molecular formula is C35H43N3O3S. The molecule has 0 aliphatic carbocycles. The average Bonchev–Trinajstić information content (AvgIpc) is 2.98. The Morgan fingerprint density at radius 3 is 2.14 bits per heavy atom. The van der Waals surface area contributed by atoms with E-state index in [-0.39, 0.29) is 29.5 Å². The van der Waals surface area contributed by atoms with Crippen LogP contribution in [0.1, 0.15) is 49.9 Å². The van der Waals surface area contributed by atoms with Crippen molar-refractivity contribution < 1.29 is 14.4 Å². The van der Waals surface area contributed by atoms with Gasteiger partial charge in [-0.15, -0.1) is 11.8 Å². The molecule has 0 spiro atoms. The van der Waals surface area contributed by atoms with Gasteiger partial charge in [0, 0.05) is 23.4 Å². The van der Waals surface area contributed by atoms with Crippen LogP contribution in [0.25, 0.3) is 6.08 Å². The Kier molecular flexibility index (Phi) is 12.9. The quantitative estimate of drug-likeness (QED) is 0.180. The lowest BCUT2D eigenvalue weighted by molar-refractivity contribution is -0.139. The van der Waals surface area contributed by atoms with Gasteiger partial charge in [0.15, 0.2) is 0 Å². The van der Waals surface area contributed by atoms with E-state index in [0.717, 1.165) is 22.3 Å². The fourth-order valence-electron chi connectivity index (χ4n) is 4.49. The number of hydrogen-bond acceptors (Lipinski definition) is 4. The Balaban J connectivity index is 1.77. The highest BCUT2D eigenvalue weighted by Crippen LogP contribution is 2.19. The standard InChI is InChI=1S/C35H43N3O3S/c1-25(2)42-24-38(23-33(39)36-22-31-19-13-12-14-26(31)3)35(41)28(5)32(21-30-17-10-7-11-18-30)37-34(40)27(4)20-29-15-8-6-9-16-29/h6-20,25,28,32H,21-24H2,1-5H3,(H,36,39)(H,37,40)/b27-20-/t28-,32-/m0/s1. The van der Waals surface area contributed by atoms with Crippen LogP contribution in [0.5, 0.6) is 0 Å². The summed E-state index contributed by atoms with van der Waals surface area (Å²) in [5.41, 5.74) is 4.65. The van der Waals surface area contributed by atoms with Crippen LogP contribution in [0.4, 0.5) is 0 Å². The van der Waals surface area contributed by atoms with Crippen molar-refractivity contribution in [1.82, 2.24) is 15.5 Å². The van der Waals surface area contributed by atoms with Crippen LogP contribution in [-0.4, -0.2) is 46.3 Å². The third-order valence-electron chi connectivity index (χ3n) is 7.10. The molecule has 0 radical (unpaired) electrons. The number of nitrogens with one attached hydrogen (secondary N) is 2. The van der Waals surface area contributed by atoms with E-state index < -0.39 is 12.0 Å². The normalized spacial score (nSPS) is 12.9. The van der Waals surface area contributed by atoms with Gasteiger partial charge >= 0.3 is 0 Å². The van der Waals surface area contributed by atoms with Gasteiger partial charge in [-0.1, -0.05) is 106 Å². The summed E-state index contributed by atoms with van der Waals surface area (Å²) < 4.78 is 0. The first-order valence-electron chi connectivity index (χ1n) is 14.4. The van der Waals surface area contributed by atoms with Crippen molar-refractivity contribution in [2.24, 2.45) is 5.92 Å². The second-order valence-corrected chi connectivity index (χ2v) is 12.4. The average molecular weight is 586 g/mol. The molecule has 0 aliphatic rings. The minimum atomic E-state index is -0.560. The van der Waals surface area contributed by atoms with Gasteiger partial charge in [-0.2, -0.15) is 0 Å². The Morgan fingerprint density at radius 1 is 0.881 bits per heavy atom. The lowest BCUT2D eigenvalue weighted by Crippen LogP contribution is -2.50. The lowest BCUT2D eigenvalue weighted by Gasteiger charge is -2.31. The summed E-state index contributed by atoms with van der Waals surface area (Å²) in [6, 6.07) is 27.0. The Bertz CT molecular complexity index is 1340. The fraction of sp³-hybridized carbons (Fsp3) is 0.343. The molecule has 222 valence electrons. The first kappa shape index (κ1) is 32.7. The zero-order valence-corrected chi connectivity index (χ0v) is 26.1. The van der Waals surface area contributed by atoms with E-state index >= 15 is 0 Å². The van der Waals surface area contributed by atoms with Gasteiger partial charge in [-0.3, -0.25) is 14.4 Å². The number of carbonyl (C=O) groups excluding carboxylic acids is 3. The van der Waals surface area contributed by atoms with Crippen LogP contribution in [0.3, 0.4) is 0 Å². The van der Waals surface area contributed by atoms with Gasteiger partial charge < -0.3 is 15.5 Å². The number of rotatable bonds is 14. The molecule has 0 saturated carbocycles. The molecule has 2 atom stereocenters. The molecule has 2 N–H and O–H groups in total. The van der Waals surface area contributed by atoms with Crippen molar-refractivity contribution >= 4 is 35.6 Å². The van der Waals surface area contributed by atoms with Crippen molar-refractivity contribution in [1.29, 1.82) is 0 Å². The molecule has 0 aliphatic heterocycles. The Hall–Kier alpha value is -3.84. The maximum atomic E-state index is 14.0. The highest BCUT2D eigenvalue weighted by Gasteiger charge is 2.31. The summed E-state index contributed by atoms with van der Waals surface area (Å²) in [7, 11) is 0. The van der Waals surface area contributed by atoms with Gasteiger partial charge in [0.1, 0.15) is 6.54 Å². The van der Waals surface area contributed by atoms with E-state index in [4.69, 9.17) is 0 Å². The maximum absolute atomic E-state index is 14.0. The molecule has 0 unspecified atom stereocenters. The predicted octanol–water partition coefficient (Wildman–Crippen LogP) is 6.01. The smallest absolute Gasteiger partial charge is 0.247 e. The topological polar surface area (TPSA) is 78.5 Å². The fourth-order valence-corrected chi connectivity index (χ4v) is 5.18. The largest absolute Gasteiger partial charge is 0.350 e. The summed E-state index contributed by atoms with van der Waals surface area (Å²) in [4.78, 5) is 41.9. The molecule has 3 amide bonds. The summed E-state index contributed by atoms with van der Waals surface area (Å²) >= 11 is 1.61. The Labute approximate surface area is 255 Å². The molecule has 0 bridgehead atoms. The van der Waals surface area contributed by atoms with Crippen molar-refractivity contribution in [3.63, 3.8) is 0 Å². The van der Waals surface area contributed by atoms with Crippen molar-refractivity contribution in [2.45, 2.75) is 58.9 Å². The minimum absolute atomic E-state index is 0.0479. The summed E-state index contributed by atoms with van der Waals surface area (Å²) in [5.74, 6) is -0.778. The molecular weight excluding hydrogens is 542 g/mol. The molecule has 3 aromatic carbocycles. The number of hydrogen-bond donors (Lipinski definition) is 2. The third-order valence-corrected chi connectivity index (χ3v) is 8.22. The Morgan fingerprint density at radius 2 is 1.50 bits per heavy atom. The van der Waals surface area contributed by atoms with Crippen LogP contribution in [0.15, 0.2) is 90.5 Å². The number of benzene rings is 3. The van der Waals surface area contributed by atoms with Crippen LogP contribution >= 0.6 is 11.8 Å². The van der Waals surface area contributed by atoms with Crippen LogP contribution < -0.4 is 10.6 Å². The maximum Gasteiger partial charge on any atom is 0.247 e. The van der Waals surface area contributed by atoms with Crippen molar-refractivity contribution in [3.8, 4) is 0 Å². The third kappa shape index (κ3) is 10.5. The number of amides is 3. The van der Waals surface area contributed by atoms with Crippen LogP contribution in [0, 0.1) is 12.8 Å². The van der Waals surface area contributed by atoms with E-state index in [0.29, 0.717) is 24.4 Å². The molecule has 6 nitrogen and oxygen atoms in total. The summed E-state index contributed by atoms with van der Waals surface area (Å²) in [6.07, 6.45) is 2.33. The molecule has 0 heterocycles. The summed E-state index contributed by atoms with van der Waals surface area (Å²) in [6.45, 7) is 10.1. The molecule has 0 saturated heterocycles. The molecule has 3 aromatic rings. The van der Waals surface area contributed by atoms with Crippen molar-refractivity contribution in [3.05, 3.63) is 113 Å². The zero-order chi connectivity index (χ0) is 30.5. The summed E-state index contributed by atoms with van der Waals surface area (Å²) in [5, 5.41) is 6.39. The monoisotopic (exact) mass is 585 g/mol. The predicted molar refractivity (Wildman–Crippen MR) is 174 cm³/mol. The van der Waals surface area contributed by atoms with E-state index in [1.807, 2.05) is 105 Å². The highest BCUT2D eigenvalue weighted by atomic mass is 32.2. The van der Waals surface area contributed by atoms with E-state index in [2.05, 4.69) is 24.5 Å².